The molecule has 0 aromatic heterocycles. The maximum absolute atomic E-state index is 13.1. The van der Waals surface area contributed by atoms with Gasteiger partial charge >= 0.3 is 0 Å². The van der Waals surface area contributed by atoms with Crippen LogP contribution in [0.4, 0.5) is 0 Å². The van der Waals surface area contributed by atoms with E-state index in [-0.39, 0.29) is 11.5 Å². The first kappa shape index (κ1) is 17.6. The summed E-state index contributed by atoms with van der Waals surface area (Å²) >= 11 is 0. The Balaban J connectivity index is 1.56. The van der Waals surface area contributed by atoms with E-state index in [1.165, 1.54) is 0 Å². The quantitative estimate of drug-likeness (QED) is 0.842. The first-order chi connectivity index (χ1) is 12.7. The molecule has 1 spiro atoms. The lowest BCUT2D eigenvalue weighted by Crippen LogP contribution is -2.51. The summed E-state index contributed by atoms with van der Waals surface area (Å²) in [6.07, 6.45) is 11.5. The first-order valence-corrected chi connectivity index (χ1v) is 10.1. The number of hydrogen-bond donors (Lipinski definition) is 1. The molecule has 0 saturated heterocycles. The van der Waals surface area contributed by atoms with Crippen LogP contribution in [0.5, 0.6) is 5.75 Å². The first-order valence-electron chi connectivity index (χ1n) is 10.1. The summed E-state index contributed by atoms with van der Waals surface area (Å²) in [4.78, 5) is 15.2. The van der Waals surface area contributed by atoms with Crippen molar-refractivity contribution < 1.29 is 9.53 Å². The van der Waals surface area contributed by atoms with Gasteiger partial charge in [0.15, 0.2) is 0 Å². The number of amides is 1. The third-order valence-electron chi connectivity index (χ3n) is 6.35. The maximum Gasteiger partial charge on any atom is 0.223 e. The second-order valence-corrected chi connectivity index (χ2v) is 8.18. The Kier molecular flexibility index (Phi) is 5.03. The lowest BCUT2D eigenvalue weighted by atomic mass is 9.81. The van der Waals surface area contributed by atoms with E-state index in [0.717, 1.165) is 49.8 Å². The zero-order chi connectivity index (χ0) is 18.0. The second kappa shape index (κ2) is 7.43. The molecule has 2 aliphatic carbocycles. The predicted octanol–water partition coefficient (Wildman–Crippen LogP) is 3.66. The molecule has 26 heavy (non-hydrogen) atoms. The van der Waals surface area contributed by atoms with Gasteiger partial charge in [-0.05, 0) is 57.6 Å². The fraction of sp³-hybridized carbons (Fsp3) is 0.591. The molecule has 0 bridgehead atoms. The van der Waals surface area contributed by atoms with Crippen molar-refractivity contribution in [1.82, 2.24) is 10.2 Å². The van der Waals surface area contributed by atoms with Gasteiger partial charge in [-0.15, -0.1) is 0 Å². The molecule has 1 N–H and O–H groups in total. The molecule has 1 aromatic carbocycles. The molecule has 1 saturated carbocycles. The van der Waals surface area contributed by atoms with Crippen molar-refractivity contribution in [3.63, 3.8) is 0 Å². The molecule has 1 unspecified atom stereocenters. The Labute approximate surface area is 156 Å². The number of nitrogens with zero attached hydrogens (tertiary/aromatic N) is 1. The summed E-state index contributed by atoms with van der Waals surface area (Å²) in [6, 6.07) is 8.81. The van der Waals surface area contributed by atoms with E-state index < -0.39 is 0 Å². The number of ether oxygens (including phenoxy) is 1. The van der Waals surface area contributed by atoms with E-state index in [4.69, 9.17) is 4.74 Å². The number of nitrogens with one attached hydrogen (secondary N) is 1. The molecule has 3 aliphatic rings. The minimum atomic E-state index is -0.235. The summed E-state index contributed by atoms with van der Waals surface area (Å²) in [6.45, 7) is 1.38. The van der Waals surface area contributed by atoms with Crippen LogP contribution >= 0.6 is 0 Å². The van der Waals surface area contributed by atoms with Gasteiger partial charge in [-0.25, -0.2) is 0 Å². The van der Waals surface area contributed by atoms with E-state index in [1.807, 2.05) is 19.2 Å². The molecule has 4 heteroatoms. The Morgan fingerprint density at radius 1 is 1.27 bits per heavy atom. The zero-order valence-electron chi connectivity index (χ0n) is 15.7. The zero-order valence-corrected chi connectivity index (χ0v) is 15.7. The van der Waals surface area contributed by atoms with Crippen LogP contribution < -0.4 is 10.1 Å². The van der Waals surface area contributed by atoms with Crippen molar-refractivity contribution >= 4 is 5.91 Å². The number of carbonyl (C=O) groups is 1. The summed E-state index contributed by atoms with van der Waals surface area (Å²) in [5.74, 6) is 1.65. The van der Waals surface area contributed by atoms with Crippen LogP contribution in [0.25, 0.3) is 0 Å². The standard InChI is InChI=1S/C22H30N2O2/c1-23-19-10-12-22(13-11-19)16-24(21(25)14-17-6-2-3-7-17)15-18-8-4-5-9-20(18)26-22/h2,4-6,8-9,17,19,23H,3,7,10-16H2,1H3. The smallest absolute Gasteiger partial charge is 0.223 e. The number of carbonyl (C=O) groups excluding carboxylic acids is 1. The summed E-state index contributed by atoms with van der Waals surface area (Å²) in [5, 5.41) is 3.40. The van der Waals surface area contributed by atoms with E-state index in [2.05, 4.69) is 34.5 Å². The van der Waals surface area contributed by atoms with Gasteiger partial charge in [0.2, 0.25) is 5.91 Å². The second-order valence-electron chi connectivity index (χ2n) is 8.18. The molecular weight excluding hydrogens is 324 g/mol. The highest BCUT2D eigenvalue weighted by Crippen LogP contribution is 2.38. The monoisotopic (exact) mass is 354 g/mol. The molecule has 1 aliphatic heterocycles. The average molecular weight is 354 g/mol. The predicted molar refractivity (Wildman–Crippen MR) is 103 cm³/mol. The highest BCUT2D eigenvalue weighted by Gasteiger charge is 2.42. The number of rotatable bonds is 3. The molecule has 140 valence electrons. The molecule has 0 radical (unpaired) electrons. The molecule has 1 fully saturated rings. The lowest BCUT2D eigenvalue weighted by molar-refractivity contribution is -0.135. The van der Waals surface area contributed by atoms with Crippen LogP contribution in [0.3, 0.4) is 0 Å². The Morgan fingerprint density at radius 3 is 2.81 bits per heavy atom. The van der Waals surface area contributed by atoms with Crippen LogP contribution in [0.15, 0.2) is 36.4 Å². The molecule has 1 heterocycles. The Hall–Kier alpha value is -1.81. The van der Waals surface area contributed by atoms with Crippen LogP contribution in [0.2, 0.25) is 0 Å². The Bertz CT molecular complexity index is 676. The van der Waals surface area contributed by atoms with Gasteiger partial charge in [0, 0.05) is 24.6 Å². The number of allylic oxidation sites excluding steroid dienone is 2. The van der Waals surface area contributed by atoms with Crippen molar-refractivity contribution in [2.24, 2.45) is 5.92 Å². The maximum atomic E-state index is 13.1. The average Bonchev–Trinajstić information content (AvgIpc) is 3.10. The normalized spacial score (nSPS) is 30.7. The van der Waals surface area contributed by atoms with E-state index in [0.29, 0.717) is 31.5 Å². The summed E-state index contributed by atoms with van der Waals surface area (Å²) < 4.78 is 6.59. The molecule has 1 aromatic rings. The van der Waals surface area contributed by atoms with Gasteiger partial charge in [0.1, 0.15) is 11.4 Å². The largest absolute Gasteiger partial charge is 0.485 e. The minimum Gasteiger partial charge on any atom is -0.485 e. The summed E-state index contributed by atoms with van der Waals surface area (Å²) in [5.41, 5.74) is 0.900. The van der Waals surface area contributed by atoms with Crippen molar-refractivity contribution in [3.8, 4) is 5.75 Å². The molecular formula is C22H30N2O2. The number of hydrogen-bond acceptors (Lipinski definition) is 3. The van der Waals surface area contributed by atoms with Gasteiger partial charge in [0.25, 0.3) is 0 Å². The van der Waals surface area contributed by atoms with Gasteiger partial charge in [-0.1, -0.05) is 30.4 Å². The fourth-order valence-electron chi connectivity index (χ4n) is 4.70. The van der Waals surface area contributed by atoms with E-state index in [1.54, 1.807) is 0 Å². The molecule has 1 atom stereocenters. The molecule has 4 nitrogen and oxygen atoms in total. The third kappa shape index (κ3) is 3.66. The van der Waals surface area contributed by atoms with Crippen molar-refractivity contribution in [3.05, 3.63) is 42.0 Å². The van der Waals surface area contributed by atoms with Gasteiger partial charge in [0.05, 0.1) is 6.54 Å². The third-order valence-corrected chi connectivity index (χ3v) is 6.35. The van der Waals surface area contributed by atoms with E-state index in [9.17, 15) is 4.79 Å². The number of fused-ring (bicyclic) bond motifs is 1. The number of benzene rings is 1. The summed E-state index contributed by atoms with van der Waals surface area (Å²) in [7, 11) is 2.04. The highest BCUT2D eigenvalue weighted by atomic mass is 16.5. The van der Waals surface area contributed by atoms with Gasteiger partial charge in [-0.3, -0.25) is 4.79 Å². The minimum absolute atomic E-state index is 0.235. The van der Waals surface area contributed by atoms with Crippen LogP contribution in [0, 0.1) is 5.92 Å². The topological polar surface area (TPSA) is 41.6 Å². The SMILES string of the molecule is CNC1CCC2(CC1)CN(C(=O)CC1C=CCC1)Cc1ccccc1O2. The lowest BCUT2D eigenvalue weighted by Gasteiger charge is -2.41. The van der Waals surface area contributed by atoms with Crippen molar-refractivity contribution in [2.45, 2.75) is 63.1 Å². The van der Waals surface area contributed by atoms with E-state index >= 15 is 0 Å². The van der Waals surface area contributed by atoms with Gasteiger partial charge in [-0.2, -0.15) is 0 Å². The van der Waals surface area contributed by atoms with Crippen molar-refractivity contribution in [1.29, 1.82) is 0 Å². The number of para-hydroxylation sites is 1. The highest BCUT2D eigenvalue weighted by molar-refractivity contribution is 5.77. The van der Waals surface area contributed by atoms with Crippen LogP contribution in [0.1, 0.15) is 50.5 Å². The van der Waals surface area contributed by atoms with Crippen molar-refractivity contribution in [2.75, 3.05) is 13.6 Å². The van der Waals surface area contributed by atoms with Gasteiger partial charge < -0.3 is 15.0 Å². The fourth-order valence-corrected chi connectivity index (χ4v) is 4.70. The van der Waals surface area contributed by atoms with Crippen LogP contribution in [-0.2, 0) is 11.3 Å². The Morgan fingerprint density at radius 2 is 2.08 bits per heavy atom. The molecule has 1 amide bonds. The van der Waals surface area contributed by atoms with Crippen LogP contribution in [-0.4, -0.2) is 36.0 Å². The molecule has 4 rings (SSSR count).